The van der Waals surface area contributed by atoms with Gasteiger partial charge in [0.1, 0.15) is 0 Å². The number of nitrogens with zero attached hydrogens (tertiary/aromatic N) is 1. The topological polar surface area (TPSA) is 12.4 Å². The Morgan fingerprint density at radius 2 is 2.00 bits per heavy atom. The van der Waals surface area contributed by atoms with Gasteiger partial charge in [0.05, 0.1) is 5.55 Å². The lowest BCUT2D eigenvalue weighted by molar-refractivity contribution is 0.809. The monoisotopic (exact) mass is 157 g/mol. The van der Waals surface area contributed by atoms with E-state index in [0.717, 1.165) is 5.70 Å². The van der Waals surface area contributed by atoms with Crippen molar-refractivity contribution in [1.82, 2.24) is 0 Å². The van der Waals surface area contributed by atoms with E-state index >= 15 is 0 Å². The molecule has 10 heavy (non-hydrogen) atoms. The molecule has 0 unspecified atom stereocenters. The number of aliphatic imine (C=N–C) groups is 1. The number of hydrogen-bond donors (Lipinski definition) is 0. The van der Waals surface area contributed by atoms with Crippen molar-refractivity contribution in [1.29, 1.82) is 0 Å². The second kappa shape index (κ2) is 3.81. The van der Waals surface area contributed by atoms with Crippen molar-refractivity contribution < 1.29 is 0 Å². The predicted molar refractivity (Wildman–Crippen MR) is 50.7 cm³/mol. The summed E-state index contributed by atoms with van der Waals surface area (Å²) in [5, 5.41) is 0. The van der Waals surface area contributed by atoms with E-state index in [1.807, 2.05) is 12.5 Å². The van der Waals surface area contributed by atoms with Crippen LogP contribution < -0.4 is 0 Å². The smallest absolute Gasteiger partial charge is 0.0604 e. The van der Waals surface area contributed by atoms with E-state index < -0.39 is 0 Å². The van der Waals surface area contributed by atoms with E-state index in [4.69, 9.17) is 0 Å². The zero-order valence-corrected chi connectivity index (χ0v) is 7.96. The predicted octanol–water partition coefficient (Wildman–Crippen LogP) is 3.08. The summed E-state index contributed by atoms with van der Waals surface area (Å²) in [5.41, 5.74) is 2.71. The third-order valence-electron chi connectivity index (χ3n) is 0.679. The van der Waals surface area contributed by atoms with E-state index in [0.29, 0.717) is 0 Å². The van der Waals surface area contributed by atoms with Crippen LogP contribution in [0.4, 0.5) is 0 Å². The second-order valence-electron chi connectivity index (χ2n) is 3.20. The third kappa shape index (κ3) is 7.76. The summed E-state index contributed by atoms with van der Waals surface area (Å²) >= 11 is 1.71. The molecule has 0 amide bonds. The highest BCUT2D eigenvalue weighted by Crippen LogP contribution is 2.20. The Hall–Kier alpha value is -0.240. The molecule has 0 aromatic heterocycles. The lowest BCUT2D eigenvalue weighted by atomic mass is 10.3. The van der Waals surface area contributed by atoms with Crippen LogP contribution in [0.1, 0.15) is 27.7 Å². The molecule has 58 valence electrons. The van der Waals surface area contributed by atoms with E-state index in [-0.39, 0.29) is 4.75 Å². The van der Waals surface area contributed by atoms with Gasteiger partial charge >= 0.3 is 0 Å². The highest BCUT2D eigenvalue weighted by atomic mass is 32.2. The summed E-state index contributed by atoms with van der Waals surface area (Å²) in [6, 6.07) is 0. The van der Waals surface area contributed by atoms with Gasteiger partial charge in [0.2, 0.25) is 0 Å². The Bertz CT molecular complexity index is 142. The van der Waals surface area contributed by atoms with Crippen LogP contribution in [0, 0.1) is 0 Å². The first-order valence-electron chi connectivity index (χ1n) is 3.28. The fourth-order valence-corrected chi connectivity index (χ4v) is 0.823. The number of thioether (sulfide) groups is 1. The van der Waals surface area contributed by atoms with E-state index in [2.05, 4.69) is 32.3 Å². The number of rotatable bonds is 2. The highest BCUT2D eigenvalue weighted by Gasteiger charge is 2.07. The first kappa shape index (κ1) is 9.76. The van der Waals surface area contributed by atoms with Gasteiger partial charge in [-0.3, -0.25) is 4.99 Å². The molecule has 0 aliphatic carbocycles. The SMILES string of the molecule is C=C(C)/N=C\SC(C)(C)C. The van der Waals surface area contributed by atoms with Crippen LogP contribution in [0.5, 0.6) is 0 Å². The van der Waals surface area contributed by atoms with E-state index in [1.54, 1.807) is 11.8 Å². The Morgan fingerprint density at radius 1 is 1.50 bits per heavy atom. The Kier molecular flexibility index (Phi) is 3.72. The molecule has 0 heterocycles. The average molecular weight is 157 g/mol. The van der Waals surface area contributed by atoms with E-state index in [9.17, 15) is 0 Å². The summed E-state index contributed by atoms with van der Waals surface area (Å²) in [5.74, 6) is 0. The maximum atomic E-state index is 4.05. The molecular weight excluding hydrogens is 142 g/mol. The molecule has 0 atom stereocenters. The van der Waals surface area contributed by atoms with Crippen molar-refractivity contribution in [2.24, 2.45) is 4.99 Å². The van der Waals surface area contributed by atoms with Gasteiger partial charge in [0, 0.05) is 10.4 Å². The standard InChI is InChI=1S/C8H15NS/c1-7(2)9-6-10-8(3,4)5/h6H,1H2,2-5H3/b9-6-. The summed E-state index contributed by atoms with van der Waals surface area (Å²) in [6.07, 6.45) is 0. The van der Waals surface area contributed by atoms with Crippen LogP contribution in [0.25, 0.3) is 0 Å². The van der Waals surface area contributed by atoms with Crippen LogP contribution in [-0.4, -0.2) is 10.3 Å². The zero-order chi connectivity index (χ0) is 8.20. The minimum absolute atomic E-state index is 0.263. The van der Waals surface area contributed by atoms with Crippen LogP contribution in [-0.2, 0) is 0 Å². The lowest BCUT2D eigenvalue weighted by Gasteiger charge is -2.12. The molecule has 0 aromatic carbocycles. The van der Waals surface area contributed by atoms with Gasteiger partial charge in [0.15, 0.2) is 0 Å². The summed E-state index contributed by atoms with van der Waals surface area (Å²) in [7, 11) is 0. The van der Waals surface area contributed by atoms with Crippen molar-refractivity contribution in [3.05, 3.63) is 12.3 Å². The van der Waals surface area contributed by atoms with Crippen molar-refractivity contribution >= 4 is 17.3 Å². The summed E-state index contributed by atoms with van der Waals surface area (Å²) in [4.78, 5) is 4.05. The van der Waals surface area contributed by atoms with Gasteiger partial charge in [-0.2, -0.15) is 0 Å². The number of allylic oxidation sites excluding steroid dienone is 1. The fourth-order valence-electron chi connectivity index (χ4n) is 0.274. The quantitative estimate of drug-likeness (QED) is 0.443. The van der Waals surface area contributed by atoms with Crippen molar-refractivity contribution in [2.45, 2.75) is 32.4 Å². The molecule has 0 spiro atoms. The summed E-state index contributed by atoms with van der Waals surface area (Å²) in [6.45, 7) is 12.0. The van der Waals surface area contributed by atoms with Crippen molar-refractivity contribution in [3.63, 3.8) is 0 Å². The Morgan fingerprint density at radius 3 is 2.30 bits per heavy atom. The molecule has 0 saturated carbocycles. The van der Waals surface area contributed by atoms with Crippen molar-refractivity contribution in [3.8, 4) is 0 Å². The van der Waals surface area contributed by atoms with Gasteiger partial charge in [-0.1, -0.05) is 27.4 Å². The van der Waals surface area contributed by atoms with Gasteiger partial charge < -0.3 is 0 Å². The minimum Gasteiger partial charge on any atom is -0.255 e. The minimum atomic E-state index is 0.263. The van der Waals surface area contributed by atoms with Gasteiger partial charge in [0.25, 0.3) is 0 Å². The molecule has 0 rings (SSSR count). The molecule has 0 saturated heterocycles. The third-order valence-corrected chi connectivity index (χ3v) is 1.60. The highest BCUT2D eigenvalue weighted by molar-refractivity contribution is 8.13. The van der Waals surface area contributed by atoms with Gasteiger partial charge in [-0.05, 0) is 6.92 Å². The first-order valence-corrected chi connectivity index (χ1v) is 4.15. The molecule has 0 bridgehead atoms. The molecule has 0 fully saturated rings. The van der Waals surface area contributed by atoms with Crippen LogP contribution in [0.15, 0.2) is 17.3 Å². The Labute approximate surface area is 67.6 Å². The molecule has 0 aliphatic rings. The molecule has 2 heteroatoms. The van der Waals surface area contributed by atoms with Gasteiger partial charge in [-0.25, -0.2) is 0 Å². The second-order valence-corrected chi connectivity index (χ2v) is 4.87. The zero-order valence-electron chi connectivity index (χ0n) is 7.14. The molecular formula is C8H15NS. The molecule has 0 N–H and O–H groups in total. The first-order chi connectivity index (χ1) is 4.42. The molecule has 1 nitrogen and oxygen atoms in total. The molecule has 0 aliphatic heterocycles. The normalized spacial score (nSPS) is 12.4. The number of hydrogen-bond acceptors (Lipinski definition) is 2. The van der Waals surface area contributed by atoms with Crippen LogP contribution in [0.3, 0.4) is 0 Å². The van der Waals surface area contributed by atoms with Crippen LogP contribution in [0.2, 0.25) is 0 Å². The maximum absolute atomic E-state index is 4.05. The average Bonchev–Trinajstić information content (AvgIpc) is 1.59. The van der Waals surface area contributed by atoms with Crippen LogP contribution >= 0.6 is 11.8 Å². The Balaban J connectivity index is 3.64. The summed E-state index contributed by atoms with van der Waals surface area (Å²) < 4.78 is 0.263. The maximum Gasteiger partial charge on any atom is 0.0604 e. The van der Waals surface area contributed by atoms with Gasteiger partial charge in [-0.15, -0.1) is 11.8 Å². The molecule has 0 aromatic rings. The van der Waals surface area contributed by atoms with Crippen molar-refractivity contribution in [2.75, 3.05) is 0 Å². The fraction of sp³-hybridized carbons (Fsp3) is 0.625. The van der Waals surface area contributed by atoms with E-state index in [1.165, 1.54) is 0 Å². The molecule has 0 radical (unpaired) electrons. The largest absolute Gasteiger partial charge is 0.255 e. The lowest BCUT2D eigenvalue weighted by Crippen LogP contribution is -2.06.